The number of nitrogens with one attached hydrogen (secondary N) is 2. The number of aromatic amines is 1. The molecule has 148 valence electrons. The molecule has 0 unspecified atom stereocenters. The second-order valence-corrected chi connectivity index (χ2v) is 8.47. The largest absolute Gasteiger partial charge is 0.354 e. The van der Waals surface area contributed by atoms with E-state index in [1.54, 1.807) is 10.6 Å². The van der Waals surface area contributed by atoms with Crippen LogP contribution in [0.4, 0.5) is 0 Å². The van der Waals surface area contributed by atoms with E-state index < -0.39 is 0 Å². The smallest absolute Gasteiger partial charge is 0.269 e. The highest BCUT2D eigenvalue weighted by Gasteiger charge is 2.20. The normalized spacial score (nSPS) is 15.6. The summed E-state index contributed by atoms with van der Waals surface area (Å²) in [7, 11) is 0. The first-order valence-corrected chi connectivity index (χ1v) is 10.6. The highest BCUT2D eigenvalue weighted by molar-refractivity contribution is 6.30. The van der Waals surface area contributed by atoms with E-state index in [2.05, 4.69) is 42.3 Å². The van der Waals surface area contributed by atoms with Crippen molar-refractivity contribution in [2.24, 2.45) is 0 Å². The Morgan fingerprint density at radius 2 is 1.96 bits per heavy atom. The number of fused-ring (bicyclic) bond motifs is 1. The summed E-state index contributed by atoms with van der Waals surface area (Å²) < 4.78 is 1.67. The lowest BCUT2D eigenvalue weighted by molar-refractivity contribution is 0.460. The van der Waals surface area contributed by atoms with E-state index in [1.165, 1.54) is 29.4 Å². The number of piperidine rings is 1. The van der Waals surface area contributed by atoms with Crippen LogP contribution in [0, 0.1) is 0 Å². The highest BCUT2D eigenvalue weighted by Crippen LogP contribution is 2.38. The summed E-state index contributed by atoms with van der Waals surface area (Å²) in [6.07, 6.45) is 4.30. The predicted octanol–water partition coefficient (Wildman–Crippen LogP) is 5.26. The molecule has 3 aromatic rings. The van der Waals surface area contributed by atoms with Crippen molar-refractivity contribution < 1.29 is 0 Å². The molecule has 1 aromatic carbocycles. The minimum Gasteiger partial charge on any atom is -0.354 e. The predicted molar refractivity (Wildman–Crippen MR) is 118 cm³/mol. The monoisotopic (exact) mass is 397 g/mol. The number of rotatable bonds is 4. The van der Waals surface area contributed by atoms with Crippen LogP contribution in [0.3, 0.4) is 0 Å². The van der Waals surface area contributed by atoms with Gasteiger partial charge in [0.15, 0.2) is 0 Å². The van der Waals surface area contributed by atoms with Gasteiger partial charge in [0.2, 0.25) is 0 Å². The molecule has 2 N–H and O–H groups in total. The van der Waals surface area contributed by atoms with Gasteiger partial charge >= 0.3 is 0 Å². The molecule has 0 bridgehead atoms. The molecular weight excluding hydrogens is 370 g/mol. The summed E-state index contributed by atoms with van der Waals surface area (Å²) in [5.41, 5.74) is 5.76. The van der Waals surface area contributed by atoms with Crippen LogP contribution >= 0.6 is 11.6 Å². The van der Waals surface area contributed by atoms with Gasteiger partial charge in [-0.25, -0.2) is 0 Å². The lowest BCUT2D eigenvalue weighted by Crippen LogP contribution is -2.26. The minimum absolute atomic E-state index is 0.136. The van der Waals surface area contributed by atoms with Crippen molar-refractivity contribution in [3.8, 4) is 11.3 Å². The van der Waals surface area contributed by atoms with Crippen LogP contribution in [-0.2, 0) is 6.54 Å². The number of H-pyrrole nitrogens is 1. The van der Waals surface area contributed by atoms with Gasteiger partial charge in [-0.3, -0.25) is 4.79 Å². The van der Waals surface area contributed by atoms with Crippen molar-refractivity contribution >= 4 is 22.5 Å². The van der Waals surface area contributed by atoms with E-state index in [0.29, 0.717) is 18.4 Å². The van der Waals surface area contributed by atoms with Crippen molar-refractivity contribution in [3.63, 3.8) is 0 Å². The third kappa shape index (κ3) is 3.40. The fourth-order valence-corrected chi connectivity index (χ4v) is 4.66. The van der Waals surface area contributed by atoms with E-state index in [-0.39, 0.29) is 10.6 Å². The number of pyridine rings is 1. The van der Waals surface area contributed by atoms with E-state index >= 15 is 0 Å². The van der Waals surface area contributed by atoms with Crippen molar-refractivity contribution in [2.45, 2.75) is 52.0 Å². The lowest BCUT2D eigenvalue weighted by atomic mass is 9.88. The van der Waals surface area contributed by atoms with E-state index in [4.69, 9.17) is 11.6 Å². The molecule has 5 heteroatoms. The summed E-state index contributed by atoms with van der Waals surface area (Å²) in [4.78, 5) is 15.8. The molecule has 28 heavy (non-hydrogen) atoms. The Kier molecular flexibility index (Phi) is 5.35. The Bertz CT molecular complexity index is 1060. The number of hydrogen-bond donors (Lipinski definition) is 2. The topological polar surface area (TPSA) is 49.8 Å². The standard InChI is InChI=1S/C23H28ClN3O/c1-4-27-13-17(12-19(24)23(27)28)22-21(14(2)3)18-11-16(5-6-20(18)26-22)15-7-9-25-10-8-15/h5-6,11-15,25-26H,4,7-10H2,1-3H3. The number of aryl methyl sites for hydroxylation is 1. The molecule has 0 radical (unpaired) electrons. The molecule has 0 amide bonds. The molecule has 0 atom stereocenters. The van der Waals surface area contributed by atoms with Crippen molar-refractivity contribution in [1.29, 1.82) is 0 Å². The van der Waals surface area contributed by atoms with Gasteiger partial charge in [-0.05, 0) is 74.0 Å². The van der Waals surface area contributed by atoms with Crippen LogP contribution in [0.15, 0.2) is 35.3 Å². The molecule has 0 saturated carbocycles. The molecular formula is C23H28ClN3O. The van der Waals surface area contributed by atoms with Crippen LogP contribution in [0.25, 0.3) is 22.2 Å². The number of aromatic nitrogens is 2. The average Bonchev–Trinajstić information content (AvgIpc) is 3.09. The summed E-state index contributed by atoms with van der Waals surface area (Å²) in [6, 6.07) is 8.64. The maximum absolute atomic E-state index is 12.2. The molecule has 0 spiro atoms. The molecule has 2 aromatic heterocycles. The number of nitrogens with zero attached hydrogens (tertiary/aromatic N) is 1. The maximum atomic E-state index is 12.2. The van der Waals surface area contributed by atoms with Gasteiger partial charge in [-0.15, -0.1) is 0 Å². The summed E-state index contributed by atoms with van der Waals surface area (Å²) in [5.74, 6) is 0.980. The molecule has 4 nitrogen and oxygen atoms in total. The van der Waals surface area contributed by atoms with Gasteiger partial charge in [0, 0.05) is 29.2 Å². The van der Waals surface area contributed by atoms with Gasteiger partial charge in [0.1, 0.15) is 5.02 Å². The van der Waals surface area contributed by atoms with E-state index in [9.17, 15) is 4.79 Å². The van der Waals surface area contributed by atoms with Crippen LogP contribution in [0.2, 0.25) is 5.02 Å². The zero-order chi connectivity index (χ0) is 19.8. The number of halogens is 1. The first-order valence-electron chi connectivity index (χ1n) is 10.3. The maximum Gasteiger partial charge on any atom is 0.269 e. The second-order valence-electron chi connectivity index (χ2n) is 8.07. The van der Waals surface area contributed by atoms with Crippen molar-refractivity contribution in [1.82, 2.24) is 14.9 Å². The van der Waals surface area contributed by atoms with Crippen molar-refractivity contribution in [3.05, 3.63) is 57.0 Å². The van der Waals surface area contributed by atoms with Crippen LogP contribution in [0.5, 0.6) is 0 Å². The third-order valence-electron chi connectivity index (χ3n) is 5.92. The first-order chi connectivity index (χ1) is 13.5. The zero-order valence-electron chi connectivity index (χ0n) is 16.8. The number of hydrogen-bond acceptors (Lipinski definition) is 2. The minimum atomic E-state index is -0.136. The quantitative estimate of drug-likeness (QED) is 0.630. The molecule has 1 fully saturated rings. The highest BCUT2D eigenvalue weighted by atomic mass is 35.5. The first kappa shape index (κ1) is 19.3. The SMILES string of the molecule is CCn1cc(-c2[nH]c3ccc(C4CCNCC4)cc3c2C(C)C)cc(Cl)c1=O. The Labute approximate surface area is 170 Å². The summed E-state index contributed by atoms with van der Waals surface area (Å²) in [6.45, 7) is 9.19. The second kappa shape index (κ2) is 7.76. The fourth-order valence-electron chi connectivity index (χ4n) is 4.44. The van der Waals surface area contributed by atoms with Gasteiger partial charge in [-0.2, -0.15) is 0 Å². The number of benzene rings is 1. The van der Waals surface area contributed by atoms with Crippen LogP contribution < -0.4 is 10.9 Å². The van der Waals surface area contributed by atoms with Gasteiger partial charge in [-0.1, -0.05) is 31.5 Å². The Morgan fingerprint density at radius 1 is 1.21 bits per heavy atom. The lowest BCUT2D eigenvalue weighted by Gasteiger charge is -2.23. The van der Waals surface area contributed by atoms with E-state index in [0.717, 1.165) is 29.9 Å². The van der Waals surface area contributed by atoms with Gasteiger partial charge in [0.05, 0.1) is 5.69 Å². The van der Waals surface area contributed by atoms with E-state index in [1.807, 2.05) is 13.1 Å². The molecule has 3 heterocycles. The van der Waals surface area contributed by atoms with Crippen LogP contribution in [0.1, 0.15) is 56.6 Å². The molecule has 1 aliphatic rings. The average molecular weight is 398 g/mol. The summed E-state index contributed by atoms with van der Waals surface area (Å²) >= 11 is 6.25. The molecule has 1 saturated heterocycles. The molecule has 0 aliphatic carbocycles. The van der Waals surface area contributed by atoms with Gasteiger partial charge < -0.3 is 14.9 Å². The van der Waals surface area contributed by atoms with Gasteiger partial charge in [0.25, 0.3) is 5.56 Å². The Morgan fingerprint density at radius 3 is 2.64 bits per heavy atom. The zero-order valence-corrected chi connectivity index (χ0v) is 17.6. The Balaban J connectivity index is 1.88. The molecule has 4 rings (SSSR count). The third-order valence-corrected chi connectivity index (χ3v) is 6.19. The summed E-state index contributed by atoms with van der Waals surface area (Å²) in [5, 5.41) is 5.00. The fraction of sp³-hybridized carbons (Fsp3) is 0.435. The van der Waals surface area contributed by atoms with Crippen LogP contribution in [-0.4, -0.2) is 22.6 Å². The molecule has 1 aliphatic heterocycles. The Hall–Kier alpha value is -2.04. The van der Waals surface area contributed by atoms with Crippen molar-refractivity contribution in [2.75, 3.05) is 13.1 Å².